The van der Waals surface area contributed by atoms with E-state index in [9.17, 15) is 4.79 Å². The Labute approximate surface area is 174 Å². The molecule has 1 atom stereocenters. The van der Waals surface area contributed by atoms with Gasteiger partial charge < -0.3 is 14.8 Å². The van der Waals surface area contributed by atoms with Crippen LogP contribution in [0.25, 0.3) is 5.69 Å². The number of carbonyl (C=O) groups is 1. The number of aryl methyl sites for hydroxylation is 2. The molecule has 2 aromatic carbocycles. The Morgan fingerprint density at radius 1 is 1.21 bits per heavy atom. The topological polar surface area (TPSA) is 65.4 Å². The minimum absolute atomic E-state index is 0.0390. The van der Waals surface area contributed by atoms with E-state index in [0.29, 0.717) is 6.54 Å². The fraction of sp³-hybridized carbons (Fsp3) is 0.273. The highest BCUT2D eigenvalue weighted by molar-refractivity contribution is 8.00. The summed E-state index contributed by atoms with van der Waals surface area (Å²) >= 11 is 1.44. The van der Waals surface area contributed by atoms with E-state index in [0.717, 1.165) is 27.9 Å². The molecule has 0 saturated heterocycles. The van der Waals surface area contributed by atoms with E-state index in [2.05, 4.69) is 42.3 Å². The monoisotopic (exact) mass is 409 g/mol. The van der Waals surface area contributed by atoms with Crippen molar-refractivity contribution < 1.29 is 14.3 Å². The fourth-order valence-corrected chi connectivity index (χ4v) is 4.13. The molecule has 3 aromatic rings. The average Bonchev–Trinajstić information content (AvgIpc) is 3.35. The lowest BCUT2D eigenvalue weighted by Gasteiger charge is -2.15. The van der Waals surface area contributed by atoms with Crippen molar-refractivity contribution in [3.05, 3.63) is 65.5 Å². The molecule has 0 fully saturated rings. The van der Waals surface area contributed by atoms with Crippen molar-refractivity contribution in [2.75, 3.05) is 6.79 Å². The number of carbonyl (C=O) groups excluding carboxylic acids is 1. The quantitative estimate of drug-likeness (QED) is 0.623. The molecule has 7 heteroatoms. The summed E-state index contributed by atoms with van der Waals surface area (Å²) in [5.74, 6) is 1.42. The van der Waals surface area contributed by atoms with E-state index in [4.69, 9.17) is 9.47 Å². The third-order valence-electron chi connectivity index (χ3n) is 4.77. The molecule has 4 rings (SSSR count). The first-order valence-corrected chi connectivity index (χ1v) is 10.3. The second-order valence-corrected chi connectivity index (χ2v) is 8.34. The molecule has 1 aliphatic rings. The van der Waals surface area contributed by atoms with Crippen LogP contribution < -0.4 is 14.8 Å². The number of thioether (sulfide) groups is 1. The molecule has 2 heterocycles. The summed E-state index contributed by atoms with van der Waals surface area (Å²) in [4.78, 5) is 17.1. The molecule has 0 saturated carbocycles. The van der Waals surface area contributed by atoms with Crippen LogP contribution in [0.15, 0.2) is 53.9 Å². The molecule has 1 unspecified atom stereocenters. The third-order valence-corrected chi connectivity index (χ3v) is 5.85. The van der Waals surface area contributed by atoms with Crippen LogP contribution >= 0.6 is 11.8 Å². The van der Waals surface area contributed by atoms with Gasteiger partial charge in [-0.1, -0.05) is 35.5 Å². The van der Waals surface area contributed by atoms with Gasteiger partial charge in [-0.2, -0.15) is 0 Å². The molecule has 1 aromatic heterocycles. The highest BCUT2D eigenvalue weighted by Crippen LogP contribution is 2.32. The lowest BCUT2D eigenvalue weighted by atomic mass is 10.1. The first-order chi connectivity index (χ1) is 14.0. The number of hydrogen-bond donors (Lipinski definition) is 1. The molecule has 0 radical (unpaired) electrons. The number of nitrogens with one attached hydrogen (secondary N) is 1. The van der Waals surface area contributed by atoms with E-state index in [1.807, 2.05) is 35.9 Å². The number of rotatable bonds is 6. The van der Waals surface area contributed by atoms with Crippen molar-refractivity contribution in [3.63, 3.8) is 0 Å². The fourth-order valence-electron chi connectivity index (χ4n) is 3.23. The zero-order valence-corrected chi connectivity index (χ0v) is 17.5. The number of amides is 1. The normalized spacial score (nSPS) is 13.3. The molecule has 0 aliphatic carbocycles. The summed E-state index contributed by atoms with van der Waals surface area (Å²) in [6.07, 6.45) is 3.69. The molecule has 6 nitrogen and oxygen atoms in total. The minimum atomic E-state index is -0.282. The first kappa shape index (κ1) is 19.4. The summed E-state index contributed by atoms with van der Waals surface area (Å²) in [7, 11) is 0. The summed E-state index contributed by atoms with van der Waals surface area (Å²) < 4.78 is 12.7. The maximum absolute atomic E-state index is 12.6. The Morgan fingerprint density at radius 3 is 2.86 bits per heavy atom. The van der Waals surface area contributed by atoms with Gasteiger partial charge in [-0.15, -0.1) is 0 Å². The van der Waals surface area contributed by atoms with Crippen molar-refractivity contribution >= 4 is 17.7 Å². The van der Waals surface area contributed by atoms with E-state index in [1.54, 1.807) is 6.20 Å². The molecule has 29 heavy (non-hydrogen) atoms. The number of imidazole rings is 1. The molecule has 1 amide bonds. The van der Waals surface area contributed by atoms with Crippen molar-refractivity contribution in [1.82, 2.24) is 14.9 Å². The van der Waals surface area contributed by atoms with Crippen LogP contribution in [0.3, 0.4) is 0 Å². The van der Waals surface area contributed by atoms with Gasteiger partial charge in [0.15, 0.2) is 16.7 Å². The maximum atomic E-state index is 12.6. The van der Waals surface area contributed by atoms with Gasteiger partial charge in [0.1, 0.15) is 0 Å². The number of benzene rings is 2. The van der Waals surface area contributed by atoms with Crippen LogP contribution in [-0.2, 0) is 11.3 Å². The van der Waals surface area contributed by atoms with E-state index in [1.165, 1.54) is 22.9 Å². The van der Waals surface area contributed by atoms with Crippen molar-refractivity contribution in [1.29, 1.82) is 0 Å². The van der Waals surface area contributed by atoms with Crippen LogP contribution in [0.1, 0.15) is 23.6 Å². The van der Waals surface area contributed by atoms with Crippen LogP contribution in [0, 0.1) is 13.8 Å². The van der Waals surface area contributed by atoms with Gasteiger partial charge in [0.25, 0.3) is 0 Å². The predicted octanol–water partition coefficient (Wildman–Crippen LogP) is 4.01. The summed E-state index contributed by atoms with van der Waals surface area (Å²) in [6.45, 7) is 6.73. The second kappa shape index (κ2) is 8.21. The van der Waals surface area contributed by atoms with Crippen LogP contribution in [0.5, 0.6) is 11.5 Å². The number of fused-ring (bicyclic) bond motifs is 1. The summed E-state index contributed by atoms with van der Waals surface area (Å²) in [5.41, 5.74) is 4.43. The van der Waals surface area contributed by atoms with E-state index >= 15 is 0 Å². The maximum Gasteiger partial charge on any atom is 0.233 e. The lowest BCUT2D eigenvalue weighted by molar-refractivity contribution is -0.120. The molecular weight excluding hydrogens is 386 g/mol. The Bertz CT molecular complexity index is 1050. The van der Waals surface area contributed by atoms with Gasteiger partial charge >= 0.3 is 0 Å². The van der Waals surface area contributed by atoms with Gasteiger partial charge in [0.05, 0.1) is 10.9 Å². The number of ether oxygens (including phenoxy) is 2. The zero-order chi connectivity index (χ0) is 20.4. The van der Waals surface area contributed by atoms with Gasteiger partial charge in [0.2, 0.25) is 12.7 Å². The van der Waals surface area contributed by atoms with Gasteiger partial charge in [-0.05, 0) is 50.1 Å². The molecule has 0 bridgehead atoms. The van der Waals surface area contributed by atoms with Gasteiger partial charge in [-0.25, -0.2) is 4.98 Å². The Hall–Kier alpha value is -2.93. The molecule has 0 spiro atoms. The second-order valence-electron chi connectivity index (χ2n) is 7.04. The molecule has 150 valence electrons. The Kier molecular flexibility index (Phi) is 5.49. The first-order valence-electron chi connectivity index (χ1n) is 9.45. The van der Waals surface area contributed by atoms with E-state index < -0.39 is 0 Å². The van der Waals surface area contributed by atoms with E-state index in [-0.39, 0.29) is 18.0 Å². The SMILES string of the molecule is Cc1ccc(-n2ccnc2SC(C)C(=O)NCc2ccc3c(c2)OCO3)c(C)c1. The number of hydrogen-bond acceptors (Lipinski definition) is 5. The number of nitrogens with zero attached hydrogens (tertiary/aromatic N) is 2. The molecule has 1 N–H and O–H groups in total. The van der Waals surface area contributed by atoms with Crippen molar-refractivity contribution in [2.24, 2.45) is 0 Å². The van der Waals surface area contributed by atoms with Crippen LogP contribution in [0.4, 0.5) is 0 Å². The van der Waals surface area contributed by atoms with Gasteiger partial charge in [-0.3, -0.25) is 9.36 Å². The lowest BCUT2D eigenvalue weighted by Crippen LogP contribution is -2.30. The van der Waals surface area contributed by atoms with Crippen LogP contribution in [-0.4, -0.2) is 27.5 Å². The third kappa shape index (κ3) is 4.24. The van der Waals surface area contributed by atoms with Crippen LogP contribution in [0.2, 0.25) is 0 Å². The highest BCUT2D eigenvalue weighted by atomic mass is 32.2. The Balaban J connectivity index is 1.40. The van der Waals surface area contributed by atoms with Gasteiger partial charge in [0, 0.05) is 18.9 Å². The minimum Gasteiger partial charge on any atom is -0.454 e. The average molecular weight is 410 g/mol. The standard InChI is InChI=1S/C22H23N3O3S/c1-14-4-6-18(15(2)10-14)25-9-8-23-22(25)29-16(3)21(26)24-12-17-5-7-19-20(11-17)28-13-27-19/h4-11,16H,12-13H2,1-3H3,(H,24,26). The zero-order valence-electron chi connectivity index (χ0n) is 16.6. The summed E-state index contributed by atoms with van der Waals surface area (Å²) in [5, 5.41) is 3.50. The predicted molar refractivity (Wildman–Crippen MR) is 113 cm³/mol. The van der Waals surface area contributed by atoms with Crippen molar-refractivity contribution in [3.8, 4) is 17.2 Å². The smallest absolute Gasteiger partial charge is 0.233 e. The molecular formula is C22H23N3O3S. The number of aromatic nitrogens is 2. The Morgan fingerprint density at radius 2 is 2.03 bits per heavy atom. The highest BCUT2D eigenvalue weighted by Gasteiger charge is 2.19. The molecule has 1 aliphatic heterocycles. The summed E-state index contributed by atoms with van der Waals surface area (Å²) in [6, 6.07) is 12.0. The van der Waals surface area contributed by atoms with Crippen molar-refractivity contribution in [2.45, 2.75) is 37.7 Å². The largest absolute Gasteiger partial charge is 0.454 e.